The van der Waals surface area contributed by atoms with Gasteiger partial charge in [-0.1, -0.05) is 53.1 Å². The smallest absolute Gasteiger partial charge is 0.148 e. The molecule has 2 N–H and O–H groups in total. The Morgan fingerprint density at radius 1 is 1.14 bits per heavy atom. The van der Waals surface area contributed by atoms with E-state index in [0.717, 1.165) is 40.4 Å². The summed E-state index contributed by atoms with van der Waals surface area (Å²) in [7, 11) is 1.58. The van der Waals surface area contributed by atoms with Crippen LogP contribution < -0.4 is 10.5 Å². The first-order chi connectivity index (χ1) is 13.4. The van der Waals surface area contributed by atoms with E-state index in [9.17, 15) is 4.39 Å². The zero-order valence-corrected chi connectivity index (χ0v) is 19.0. The number of halogens is 2. The molecule has 4 nitrogen and oxygen atoms in total. The van der Waals surface area contributed by atoms with E-state index in [-0.39, 0.29) is 12.4 Å². The maximum Gasteiger partial charge on any atom is 0.148 e. The van der Waals surface area contributed by atoms with Crippen molar-refractivity contribution in [3.05, 3.63) is 50.8 Å². The fourth-order valence-electron chi connectivity index (χ4n) is 2.71. The molecule has 0 amide bonds. The molecule has 0 aromatic heterocycles. The third kappa shape index (κ3) is 7.41. The molecular weight excluding hydrogens is 425 g/mol. The lowest BCUT2D eigenvalue weighted by Crippen LogP contribution is -2.03. The molecule has 156 valence electrons. The lowest BCUT2D eigenvalue weighted by atomic mass is 9.97. The number of nitrogens with two attached hydrogens (primary N) is 1. The molecule has 0 aliphatic heterocycles. The molecule has 0 atom stereocenters. The Kier molecular flexibility index (Phi) is 11.1. The largest absolute Gasteiger partial charge is 0.494 e. The van der Waals surface area contributed by atoms with Gasteiger partial charge in [0.05, 0.1) is 25.2 Å². The van der Waals surface area contributed by atoms with Crippen molar-refractivity contribution in [2.45, 2.75) is 53.6 Å². The summed E-state index contributed by atoms with van der Waals surface area (Å²) in [6, 6.07) is 1.93. The van der Waals surface area contributed by atoms with E-state index < -0.39 is 0 Å². The minimum absolute atomic E-state index is 0.199. The van der Waals surface area contributed by atoms with Crippen LogP contribution in [-0.2, 0) is 16.4 Å². The van der Waals surface area contributed by atoms with Crippen LogP contribution in [0.2, 0.25) is 0 Å². The monoisotopic (exact) mass is 455 g/mol. The lowest BCUT2D eigenvalue weighted by molar-refractivity contribution is -0.300. The number of nitrogen functional groups attached to an aromatic ring is 1. The highest BCUT2D eigenvalue weighted by Gasteiger charge is 2.15. The van der Waals surface area contributed by atoms with Crippen LogP contribution >= 0.6 is 15.9 Å². The molecule has 0 saturated heterocycles. The number of methoxy groups -OCH3 is 1. The Balaban J connectivity index is 3.25. The number of ether oxygens (including phenoxy) is 1. The van der Waals surface area contributed by atoms with E-state index >= 15 is 0 Å². The quantitative estimate of drug-likeness (QED) is 0.129. The van der Waals surface area contributed by atoms with Crippen molar-refractivity contribution >= 4 is 27.7 Å². The summed E-state index contributed by atoms with van der Waals surface area (Å²) in [5.74, 6) is 0.376. The Hall–Kier alpha value is -1.63. The second kappa shape index (κ2) is 12.8. The predicted octanol–water partition coefficient (Wildman–Crippen LogP) is 6.90. The highest BCUT2D eigenvalue weighted by Crippen LogP contribution is 2.38. The third-order valence-electron chi connectivity index (χ3n) is 4.26. The van der Waals surface area contributed by atoms with Crippen LogP contribution in [0.4, 0.5) is 10.1 Å². The van der Waals surface area contributed by atoms with Gasteiger partial charge in [0.15, 0.2) is 0 Å². The first kappa shape index (κ1) is 24.4. The summed E-state index contributed by atoms with van der Waals surface area (Å²) >= 11 is 3.61. The van der Waals surface area contributed by atoms with Gasteiger partial charge in [0.1, 0.15) is 12.4 Å². The van der Waals surface area contributed by atoms with Gasteiger partial charge in [-0.3, -0.25) is 0 Å². The van der Waals surface area contributed by atoms with E-state index in [2.05, 4.69) is 35.9 Å². The number of rotatable bonds is 11. The molecule has 0 unspecified atom stereocenters. The molecule has 0 bridgehead atoms. The molecule has 1 rings (SSSR count). The van der Waals surface area contributed by atoms with Crippen LogP contribution in [0, 0.1) is 0 Å². The molecule has 0 aliphatic carbocycles. The van der Waals surface area contributed by atoms with Gasteiger partial charge < -0.3 is 10.5 Å². The van der Waals surface area contributed by atoms with Gasteiger partial charge in [-0.15, -0.1) is 0 Å². The normalized spacial score (nSPS) is 13.2. The maximum absolute atomic E-state index is 13.0. The Morgan fingerprint density at radius 2 is 1.82 bits per heavy atom. The summed E-state index contributed by atoms with van der Waals surface area (Å²) in [5, 5.41) is 0. The first-order valence-corrected chi connectivity index (χ1v) is 10.3. The van der Waals surface area contributed by atoms with Crippen LogP contribution in [0.1, 0.15) is 58.1 Å². The average molecular weight is 456 g/mol. The molecular formula is C22H31BrFNO3. The van der Waals surface area contributed by atoms with E-state index in [1.807, 2.05) is 19.1 Å². The topological polar surface area (TPSA) is 53.7 Å². The van der Waals surface area contributed by atoms with Crippen molar-refractivity contribution in [3.8, 4) is 5.75 Å². The summed E-state index contributed by atoms with van der Waals surface area (Å²) in [4.78, 5) is 10.1. The number of allylic oxidation sites excluding steroid dienone is 5. The van der Waals surface area contributed by atoms with Crippen LogP contribution in [-0.4, -0.2) is 13.7 Å². The third-order valence-corrected chi connectivity index (χ3v) is 4.92. The van der Waals surface area contributed by atoms with E-state index in [1.165, 1.54) is 18.6 Å². The van der Waals surface area contributed by atoms with Gasteiger partial charge in [0.25, 0.3) is 0 Å². The summed E-state index contributed by atoms with van der Waals surface area (Å²) in [6.45, 7) is 8.17. The molecule has 0 fully saturated rings. The van der Waals surface area contributed by atoms with Crippen molar-refractivity contribution in [1.82, 2.24) is 0 Å². The molecule has 6 heteroatoms. The minimum Gasteiger partial charge on any atom is -0.494 e. The zero-order chi connectivity index (χ0) is 21.1. The molecule has 0 heterocycles. The fourth-order valence-corrected chi connectivity index (χ4v) is 3.32. The molecule has 0 saturated carbocycles. The predicted molar refractivity (Wildman–Crippen MR) is 118 cm³/mol. The van der Waals surface area contributed by atoms with Crippen LogP contribution in [0.3, 0.4) is 0 Å². The number of anilines is 1. The van der Waals surface area contributed by atoms with Crippen molar-refractivity contribution in [2.75, 3.05) is 19.5 Å². The maximum atomic E-state index is 13.0. The van der Waals surface area contributed by atoms with Gasteiger partial charge in [0, 0.05) is 15.6 Å². The van der Waals surface area contributed by atoms with E-state index in [1.54, 1.807) is 7.11 Å². The molecule has 1 aromatic carbocycles. The van der Waals surface area contributed by atoms with Crippen LogP contribution in [0.25, 0.3) is 6.08 Å². The van der Waals surface area contributed by atoms with E-state index in [0.29, 0.717) is 18.0 Å². The first-order valence-electron chi connectivity index (χ1n) is 9.48. The molecule has 0 spiro atoms. The zero-order valence-electron chi connectivity index (χ0n) is 17.4. The average Bonchev–Trinajstić information content (AvgIpc) is 2.66. The van der Waals surface area contributed by atoms with Crippen LogP contribution in [0.15, 0.2) is 39.7 Å². The van der Waals surface area contributed by atoms with Crippen molar-refractivity contribution in [2.24, 2.45) is 0 Å². The SMILES string of the molecule is CCOOCc1cc(Br)c(/C=C(\CC)C/C(=C/C=C(\C)F)CC)c(N)c1OC. The number of hydrogen-bond donors (Lipinski definition) is 1. The highest BCUT2D eigenvalue weighted by atomic mass is 79.9. The second-order valence-corrected chi connectivity index (χ2v) is 7.17. The lowest BCUT2D eigenvalue weighted by Gasteiger charge is -2.16. The fraction of sp³-hybridized carbons (Fsp3) is 0.455. The van der Waals surface area contributed by atoms with Gasteiger partial charge >= 0.3 is 0 Å². The van der Waals surface area contributed by atoms with Crippen molar-refractivity contribution in [1.29, 1.82) is 0 Å². The van der Waals surface area contributed by atoms with Gasteiger partial charge in [-0.25, -0.2) is 14.2 Å². The Morgan fingerprint density at radius 3 is 2.36 bits per heavy atom. The number of hydrogen-bond acceptors (Lipinski definition) is 4. The molecule has 0 radical (unpaired) electrons. The standard InChI is InChI=1S/C22H31BrFNO3/c1-6-16(10-9-15(4)24)11-17(7-2)12-19-20(23)13-18(14-28-27-8-3)22(26-5)21(19)25/h9-10,12-13H,6-8,11,14,25H2,1-5H3/b15-9+,16-10+,17-12+. The van der Waals surface area contributed by atoms with Crippen molar-refractivity contribution < 1.29 is 18.9 Å². The van der Waals surface area contributed by atoms with Gasteiger partial charge in [-0.2, -0.15) is 0 Å². The summed E-state index contributed by atoms with van der Waals surface area (Å²) in [6.07, 6.45) is 7.91. The molecule has 1 aromatic rings. The summed E-state index contributed by atoms with van der Waals surface area (Å²) in [5.41, 5.74) is 11.0. The Bertz CT molecular complexity index is 738. The summed E-state index contributed by atoms with van der Waals surface area (Å²) < 4.78 is 19.4. The second-order valence-electron chi connectivity index (χ2n) is 6.31. The van der Waals surface area contributed by atoms with Gasteiger partial charge in [0.2, 0.25) is 0 Å². The van der Waals surface area contributed by atoms with Crippen molar-refractivity contribution in [3.63, 3.8) is 0 Å². The van der Waals surface area contributed by atoms with Crippen LogP contribution in [0.5, 0.6) is 5.75 Å². The molecule has 28 heavy (non-hydrogen) atoms. The van der Waals surface area contributed by atoms with E-state index in [4.69, 9.17) is 20.2 Å². The molecule has 0 aliphatic rings. The minimum atomic E-state index is -0.199. The highest BCUT2D eigenvalue weighted by molar-refractivity contribution is 9.10. The Labute approximate surface area is 176 Å². The number of benzene rings is 1. The van der Waals surface area contributed by atoms with Gasteiger partial charge in [-0.05, 0) is 45.3 Å².